The predicted octanol–water partition coefficient (Wildman–Crippen LogP) is 4.65. The zero-order valence-electron chi connectivity index (χ0n) is 9.64. The maximum absolute atomic E-state index is 2.40. The fraction of sp³-hybridized carbons (Fsp3) is 0.467. The predicted molar refractivity (Wildman–Crippen MR) is 65.9 cm³/mol. The van der Waals surface area contributed by atoms with Crippen molar-refractivity contribution in [2.75, 3.05) is 0 Å². The molecule has 0 heterocycles. The van der Waals surface area contributed by atoms with Crippen LogP contribution in [0.3, 0.4) is 0 Å². The van der Waals surface area contributed by atoms with Gasteiger partial charge in [-0.05, 0) is 0 Å². The van der Waals surface area contributed by atoms with Crippen LogP contribution in [0.15, 0.2) is 45.4 Å². The molecule has 0 nitrogen and oxygen atoms in total. The molecule has 1 heteroatoms. The van der Waals surface area contributed by atoms with Crippen LogP contribution in [0.2, 0.25) is 4.82 Å². The Morgan fingerprint density at radius 3 is 1.88 bits per heavy atom. The van der Waals surface area contributed by atoms with E-state index in [0.717, 1.165) is 4.82 Å². The van der Waals surface area contributed by atoms with Crippen molar-refractivity contribution in [3.63, 3.8) is 0 Å². The number of rotatable bonds is 3. The van der Waals surface area contributed by atoms with Gasteiger partial charge in [0, 0.05) is 0 Å². The quantitative estimate of drug-likeness (QED) is 0.643. The van der Waals surface area contributed by atoms with Gasteiger partial charge in [0.1, 0.15) is 0 Å². The van der Waals surface area contributed by atoms with Crippen molar-refractivity contribution in [2.45, 2.75) is 43.3 Å². The minimum atomic E-state index is -0.174. The van der Waals surface area contributed by atoms with Crippen molar-refractivity contribution in [3.8, 4) is 0 Å². The Morgan fingerprint density at radius 1 is 0.875 bits per heavy atom. The molecule has 0 aromatic heterocycles. The van der Waals surface area contributed by atoms with E-state index in [-0.39, 0.29) is 13.9 Å². The van der Waals surface area contributed by atoms with Gasteiger partial charge in [0.25, 0.3) is 0 Å². The first kappa shape index (κ1) is 10.6. The topological polar surface area (TPSA) is 0 Å². The summed E-state index contributed by atoms with van der Waals surface area (Å²) in [4.78, 5) is 1.01. The number of hydrogen-bond donors (Lipinski definition) is 0. The van der Waals surface area contributed by atoms with Crippen molar-refractivity contribution in [3.05, 3.63) is 45.4 Å². The van der Waals surface area contributed by atoms with Gasteiger partial charge in [0.2, 0.25) is 0 Å². The van der Waals surface area contributed by atoms with Gasteiger partial charge in [-0.25, -0.2) is 0 Å². The van der Waals surface area contributed by atoms with Crippen LogP contribution in [-0.2, 0) is 13.9 Å². The van der Waals surface area contributed by atoms with Crippen LogP contribution in [0.1, 0.15) is 38.5 Å². The molecule has 3 aliphatic rings. The van der Waals surface area contributed by atoms with E-state index in [2.05, 4.69) is 36.5 Å². The molecule has 0 radical (unpaired) electrons. The van der Waals surface area contributed by atoms with Gasteiger partial charge in [-0.2, -0.15) is 0 Å². The Bertz CT molecular complexity index is 348. The second-order valence-corrected chi connectivity index (χ2v) is 7.85. The molecule has 0 aromatic carbocycles. The first-order chi connectivity index (χ1) is 7.95. The average Bonchev–Trinajstić information content (AvgIpc) is 3.02. The van der Waals surface area contributed by atoms with E-state index in [1.807, 2.05) is 0 Å². The molecule has 1 saturated carbocycles. The van der Waals surface area contributed by atoms with Gasteiger partial charge in [0.15, 0.2) is 0 Å². The summed E-state index contributed by atoms with van der Waals surface area (Å²) in [6, 6.07) is 0. The number of allylic oxidation sites excluding steroid dienone is 8. The average molecular weight is 255 g/mol. The summed E-state index contributed by atoms with van der Waals surface area (Å²) in [7, 11) is 0. The summed E-state index contributed by atoms with van der Waals surface area (Å²) in [5, 5.41) is 0. The minimum absolute atomic E-state index is 0.174. The first-order valence-corrected chi connectivity index (χ1v) is 8.05. The third-order valence-corrected chi connectivity index (χ3v) is 7.37. The first-order valence-electron chi connectivity index (χ1n) is 6.31. The fourth-order valence-corrected chi connectivity index (χ4v) is 6.76. The molecule has 0 unspecified atom stereocenters. The zero-order chi connectivity index (χ0) is 10.8. The Kier molecular flexibility index (Phi) is 3.17. The summed E-state index contributed by atoms with van der Waals surface area (Å²) >= 11 is -0.174. The van der Waals surface area contributed by atoms with E-state index in [1.165, 1.54) is 38.5 Å². The SMILES string of the molecule is C1=CC[C]([Fe]([C]2=CC=CC2)[CH]2CCCC2)=C1. The van der Waals surface area contributed by atoms with Crippen LogP contribution in [0, 0.1) is 0 Å². The van der Waals surface area contributed by atoms with Gasteiger partial charge < -0.3 is 0 Å². The molecule has 1 fully saturated rings. The van der Waals surface area contributed by atoms with Gasteiger partial charge >= 0.3 is 103 Å². The van der Waals surface area contributed by atoms with Gasteiger partial charge in [-0.1, -0.05) is 0 Å². The Hall–Kier alpha value is -0.521. The molecule has 0 aliphatic heterocycles. The van der Waals surface area contributed by atoms with Crippen LogP contribution < -0.4 is 0 Å². The molecule has 87 valence electrons. The second-order valence-electron chi connectivity index (χ2n) is 4.61. The van der Waals surface area contributed by atoms with E-state index in [1.54, 1.807) is 8.94 Å². The molecule has 0 spiro atoms. The third-order valence-electron chi connectivity index (χ3n) is 3.48. The fourth-order valence-electron chi connectivity index (χ4n) is 2.70. The molecule has 16 heavy (non-hydrogen) atoms. The van der Waals surface area contributed by atoms with Crippen molar-refractivity contribution in [1.82, 2.24) is 0 Å². The molecular formula is C15H19Fe. The molecule has 0 N–H and O–H groups in total. The van der Waals surface area contributed by atoms with Gasteiger partial charge in [-0.3, -0.25) is 0 Å². The molecule has 0 saturated heterocycles. The second kappa shape index (κ2) is 4.77. The summed E-state index contributed by atoms with van der Waals surface area (Å²) in [5.74, 6) is 0. The monoisotopic (exact) mass is 255 g/mol. The summed E-state index contributed by atoms with van der Waals surface area (Å²) in [6.07, 6.45) is 22.3. The van der Waals surface area contributed by atoms with Crippen LogP contribution >= 0.6 is 0 Å². The molecule has 0 bridgehead atoms. The molecule has 3 aliphatic carbocycles. The summed E-state index contributed by atoms with van der Waals surface area (Å²) < 4.78 is 3.50. The van der Waals surface area contributed by atoms with Crippen molar-refractivity contribution in [1.29, 1.82) is 0 Å². The van der Waals surface area contributed by atoms with Gasteiger partial charge in [0.05, 0.1) is 0 Å². The van der Waals surface area contributed by atoms with Crippen molar-refractivity contribution in [2.24, 2.45) is 0 Å². The van der Waals surface area contributed by atoms with E-state index >= 15 is 0 Å². The summed E-state index contributed by atoms with van der Waals surface area (Å²) in [5.41, 5.74) is 0. The van der Waals surface area contributed by atoms with Crippen LogP contribution in [0.25, 0.3) is 0 Å². The molecule has 3 rings (SSSR count). The molecule has 0 amide bonds. The zero-order valence-corrected chi connectivity index (χ0v) is 10.7. The van der Waals surface area contributed by atoms with Crippen molar-refractivity contribution < 1.29 is 13.9 Å². The van der Waals surface area contributed by atoms with Crippen LogP contribution in [-0.4, -0.2) is 0 Å². The standard InChI is InChI=1S/C5H9.2C5H5.Fe/c3*1-2-4-5-3-1;/h1H,2-5H2;2*1-3H,4H2;. The number of hydrogen-bond acceptors (Lipinski definition) is 0. The van der Waals surface area contributed by atoms with Crippen LogP contribution in [0.5, 0.6) is 0 Å². The maximum atomic E-state index is 2.40. The molecule has 0 atom stereocenters. The molecule has 0 aromatic rings. The normalized spacial score (nSPS) is 25.1. The van der Waals surface area contributed by atoms with E-state index in [4.69, 9.17) is 0 Å². The Balaban J connectivity index is 1.82. The Labute approximate surface area is 103 Å². The van der Waals surface area contributed by atoms with E-state index in [9.17, 15) is 0 Å². The molecular weight excluding hydrogens is 236 g/mol. The summed E-state index contributed by atoms with van der Waals surface area (Å²) in [6.45, 7) is 0. The van der Waals surface area contributed by atoms with E-state index in [0.29, 0.717) is 0 Å². The Morgan fingerprint density at radius 2 is 1.44 bits per heavy atom. The van der Waals surface area contributed by atoms with Crippen molar-refractivity contribution >= 4 is 0 Å². The van der Waals surface area contributed by atoms with Gasteiger partial charge in [-0.15, -0.1) is 0 Å². The van der Waals surface area contributed by atoms with E-state index < -0.39 is 0 Å². The van der Waals surface area contributed by atoms with Crippen LogP contribution in [0.4, 0.5) is 0 Å². The third kappa shape index (κ3) is 1.99.